The molecule has 1 aromatic rings. The van der Waals surface area contributed by atoms with E-state index in [9.17, 15) is 4.79 Å². The summed E-state index contributed by atoms with van der Waals surface area (Å²) in [4.78, 5) is 29.1. The molecule has 2 N–H and O–H groups in total. The molecule has 0 unspecified atom stereocenters. The molecule has 0 radical (unpaired) electrons. The van der Waals surface area contributed by atoms with Crippen molar-refractivity contribution in [3.05, 3.63) is 48.6 Å². The fraction of sp³-hybridized carbons (Fsp3) is 0.0833. The van der Waals surface area contributed by atoms with E-state index in [2.05, 4.69) is 6.58 Å². The van der Waals surface area contributed by atoms with Crippen molar-refractivity contribution < 1.29 is 24.6 Å². The van der Waals surface area contributed by atoms with Crippen LogP contribution < -0.4 is 0 Å². The highest BCUT2D eigenvalue weighted by Gasteiger charge is 2.04. The monoisotopic (exact) mass is 236 g/mol. The third-order valence-electron chi connectivity index (χ3n) is 1.63. The van der Waals surface area contributed by atoms with E-state index in [4.69, 9.17) is 19.8 Å². The molecule has 0 saturated carbocycles. The molecule has 0 spiro atoms. The first kappa shape index (κ1) is 14.6. The maximum absolute atomic E-state index is 10.9. The van der Waals surface area contributed by atoms with Gasteiger partial charge in [-0.3, -0.25) is 4.79 Å². The van der Waals surface area contributed by atoms with Gasteiger partial charge in [0.25, 0.3) is 0 Å². The number of rotatable bonds is 3. The molecule has 0 aliphatic carbocycles. The molecule has 0 saturated heterocycles. The van der Waals surface area contributed by atoms with E-state index in [0.29, 0.717) is 6.42 Å². The summed E-state index contributed by atoms with van der Waals surface area (Å²) in [6.45, 7) is 3.41. The maximum atomic E-state index is 10.9. The molecule has 90 valence electrons. The zero-order chi connectivity index (χ0) is 13.3. The molecule has 0 amide bonds. The van der Waals surface area contributed by atoms with Crippen molar-refractivity contribution in [2.45, 2.75) is 6.42 Å². The Balaban J connectivity index is 0.000000366. The van der Waals surface area contributed by atoms with Crippen LogP contribution in [0.25, 0.3) is 0 Å². The minimum Gasteiger partial charge on any atom is -0.473 e. The van der Waals surface area contributed by atoms with Crippen LogP contribution in [-0.2, 0) is 20.8 Å². The van der Waals surface area contributed by atoms with Crippen LogP contribution in [0.1, 0.15) is 5.56 Å². The van der Waals surface area contributed by atoms with Crippen LogP contribution in [0.3, 0.4) is 0 Å². The summed E-state index contributed by atoms with van der Waals surface area (Å²) >= 11 is 0. The molecular weight excluding hydrogens is 224 g/mol. The van der Waals surface area contributed by atoms with Gasteiger partial charge in [0, 0.05) is 6.42 Å². The van der Waals surface area contributed by atoms with E-state index in [-0.39, 0.29) is 5.78 Å². The van der Waals surface area contributed by atoms with Gasteiger partial charge < -0.3 is 10.2 Å². The largest absolute Gasteiger partial charge is 0.473 e. The van der Waals surface area contributed by atoms with E-state index in [0.717, 1.165) is 5.56 Å². The molecule has 0 aromatic heterocycles. The lowest BCUT2D eigenvalue weighted by molar-refractivity contribution is -0.159. The van der Waals surface area contributed by atoms with Crippen molar-refractivity contribution in [2.24, 2.45) is 0 Å². The molecule has 5 nitrogen and oxygen atoms in total. The Morgan fingerprint density at radius 3 is 1.88 bits per heavy atom. The number of hydrogen-bond acceptors (Lipinski definition) is 3. The number of aliphatic carboxylic acids is 2. The van der Waals surface area contributed by atoms with Gasteiger partial charge in [-0.2, -0.15) is 0 Å². The lowest BCUT2D eigenvalue weighted by Gasteiger charge is -1.94. The zero-order valence-electron chi connectivity index (χ0n) is 9.00. The summed E-state index contributed by atoms with van der Waals surface area (Å²) in [5, 5.41) is 14.8. The fourth-order valence-corrected chi connectivity index (χ4v) is 0.869. The smallest absolute Gasteiger partial charge is 0.414 e. The number of carboxylic acids is 2. The van der Waals surface area contributed by atoms with Gasteiger partial charge >= 0.3 is 11.9 Å². The highest BCUT2D eigenvalue weighted by molar-refractivity contribution is 6.27. The second kappa shape index (κ2) is 7.81. The van der Waals surface area contributed by atoms with Crippen molar-refractivity contribution in [3.8, 4) is 0 Å². The summed E-state index contributed by atoms with van der Waals surface area (Å²) in [6.07, 6.45) is 1.82. The van der Waals surface area contributed by atoms with Crippen LogP contribution in [0.5, 0.6) is 0 Å². The second-order valence-electron chi connectivity index (χ2n) is 2.94. The fourth-order valence-electron chi connectivity index (χ4n) is 0.869. The highest BCUT2D eigenvalue weighted by atomic mass is 16.4. The van der Waals surface area contributed by atoms with E-state index >= 15 is 0 Å². The lowest BCUT2D eigenvalue weighted by atomic mass is 10.1. The second-order valence-corrected chi connectivity index (χ2v) is 2.94. The van der Waals surface area contributed by atoms with Crippen LogP contribution in [0.2, 0.25) is 0 Å². The molecule has 0 aliphatic rings. The van der Waals surface area contributed by atoms with Crippen LogP contribution in [-0.4, -0.2) is 27.9 Å². The average Bonchev–Trinajstić information content (AvgIpc) is 2.31. The van der Waals surface area contributed by atoms with Crippen LogP contribution >= 0.6 is 0 Å². The number of allylic oxidation sites excluding steroid dienone is 1. The Kier molecular flexibility index (Phi) is 6.69. The molecule has 1 aromatic carbocycles. The van der Waals surface area contributed by atoms with Gasteiger partial charge in [-0.1, -0.05) is 36.9 Å². The predicted octanol–water partition coefficient (Wildman–Crippen LogP) is 1.14. The minimum absolute atomic E-state index is 0.0659. The molecule has 0 atom stereocenters. The Hall–Kier alpha value is -2.43. The van der Waals surface area contributed by atoms with Crippen LogP contribution in [0.15, 0.2) is 43.0 Å². The van der Waals surface area contributed by atoms with E-state index < -0.39 is 11.9 Å². The molecule has 0 heterocycles. The molecular formula is C12H12O5. The number of carboxylic acid groups (broad SMARTS) is 2. The van der Waals surface area contributed by atoms with Crippen molar-refractivity contribution in [1.29, 1.82) is 0 Å². The summed E-state index contributed by atoms with van der Waals surface area (Å²) < 4.78 is 0. The first-order chi connectivity index (χ1) is 7.97. The quantitative estimate of drug-likeness (QED) is 0.606. The summed E-state index contributed by atoms with van der Waals surface area (Å²) in [7, 11) is 0. The number of carbonyl (C=O) groups excluding carboxylic acids is 1. The first-order valence-corrected chi connectivity index (χ1v) is 4.62. The average molecular weight is 236 g/mol. The van der Waals surface area contributed by atoms with Crippen LogP contribution in [0.4, 0.5) is 0 Å². The third kappa shape index (κ3) is 7.49. The molecule has 0 fully saturated rings. The Bertz CT molecular complexity index is 396. The molecule has 1 rings (SSSR count). The number of hydrogen-bond donors (Lipinski definition) is 2. The topological polar surface area (TPSA) is 91.7 Å². The van der Waals surface area contributed by atoms with Gasteiger partial charge in [0.05, 0.1) is 0 Å². The third-order valence-corrected chi connectivity index (χ3v) is 1.63. The first-order valence-electron chi connectivity index (χ1n) is 4.62. The van der Waals surface area contributed by atoms with Crippen molar-refractivity contribution >= 4 is 17.7 Å². The van der Waals surface area contributed by atoms with Crippen molar-refractivity contribution in [2.75, 3.05) is 0 Å². The molecule has 5 heteroatoms. The number of carbonyl (C=O) groups is 3. The maximum Gasteiger partial charge on any atom is 0.414 e. The standard InChI is InChI=1S/C10H10O.C2H2O4/c1-2-10(11)8-9-6-4-3-5-7-9;3-1(4)2(5)6/h2-7H,1,8H2;(H,3,4)(H,5,6). The van der Waals surface area contributed by atoms with Gasteiger partial charge in [-0.15, -0.1) is 0 Å². The Morgan fingerprint density at radius 2 is 1.53 bits per heavy atom. The molecule has 17 heavy (non-hydrogen) atoms. The van der Waals surface area contributed by atoms with Crippen molar-refractivity contribution in [3.63, 3.8) is 0 Å². The van der Waals surface area contributed by atoms with E-state index in [1.54, 1.807) is 0 Å². The number of benzene rings is 1. The minimum atomic E-state index is -1.82. The highest BCUT2D eigenvalue weighted by Crippen LogP contribution is 1.99. The van der Waals surface area contributed by atoms with Gasteiger partial charge in [-0.25, -0.2) is 9.59 Å². The van der Waals surface area contributed by atoms with Gasteiger partial charge in [0.15, 0.2) is 5.78 Å². The lowest BCUT2D eigenvalue weighted by Crippen LogP contribution is -2.09. The number of ketones is 1. The predicted molar refractivity (Wildman–Crippen MR) is 60.6 cm³/mol. The Labute approximate surface area is 98.0 Å². The summed E-state index contributed by atoms with van der Waals surface area (Å²) in [5.41, 5.74) is 1.04. The van der Waals surface area contributed by atoms with E-state index in [1.807, 2.05) is 30.3 Å². The SMILES string of the molecule is C=CC(=O)Cc1ccccc1.O=C(O)C(=O)O. The molecule has 0 aliphatic heterocycles. The van der Waals surface area contributed by atoms with Gasteiger partial charge in [0.2, 0.25) is 0 Å². The normalized spacial score (nSPS) is 8.47. The van der Waals surface area contributed by atoms with Crippen molar-refractivity contribution in [1.82, 2.24) is 0 Å². The zero-order valence-corrected chi connectivity index (χ0v) is 9.00. The Morgan fingerprint density at radius 1 is 1.06 bits per heavy atom. The molecule has 0 bridgehead atoms. The summed E-state index contributed by atoms with van der Waals surface area (Å²) in [5.74, 6) is -3.58. The van der Waals surface area contributed by atoms with E-state index in [1.165, 1.54) is 6.08 Å². The summed E-state index contributed by atoms with van der Waals surface area (Å²) in [6, 6.07) is 9.64. The van der Waals surface area contributed by atoms with Gasteiger partial charge in [0.1, 0.15) is 0 Å². The van der Waals surface area contributed by atoms with Gasteiger partial charge in [-0.05, 0) is 11.6 Å². The van der Waals surface area contributed by atoms with Crippen LogP contribution in [0, 0.1) is 0 Å².